The van der Waals surface area contributed by atoms with E-state index in [1.165, 1.54) is 0 Å². The molecule has 1 atom stereocenters. The summed E-state index contributed by atoms with van der Waals surface area (Å²) in [5.74, 6) is -0.395. The number of nitrogens with zero attached hydrogens (tertiary/aromatic N) is 1. The second-order valence-electron chi connectivity index (χ2n) is 5.24. The molecular formula is C15H21N5O2. The standard InChI is InChI=1S/C15H21N5O2/c1-10(16)6-8-17-13(21)7-9-18-15(22)14-11-4-2-3-5-12(11)19-20-14/h2-5,10H,6-9,16H2,1H3,(H,17,21)(H,18,22)(H,19,20). The van der Waals surface area contributed by atoms with Gasteiger partial charge in [-0.05, 0) is 19.4 Å². The lowest BCUT2D eigenvalue weighted by atomic mass is 10.2. The van der Waals surface area contributed by atoms with Crippen LogP contribution in [0, 0.1) is 0 Å². The zero-order valence-electron chi connectivity index (χ0n) is 12.6. The summed E-state index contributed by atoms with van der Waals surface area (Å²) in [6.07, 6.45) is 0.963. The maximum Gasteiger partial charge on any atom is 0.272 e. The van der Waals surface area contributed by atoms with Gasteiger partial charge in [-0.2, -0.15) is 5.10 Å². The second kappa shape index (κ2) is 7.56. The highest BCUT2D eigenvalue weighted by Gasteiger charge is 2.13. The fourth-order valence-electron chi connectivity index (χ4n) is 2.04. The van der Waals surface area contributed by atoms with E-state index in [0.29, 0.717) is 12.2 Å². The van der Waals surface area contributed by atoms with Gasteiger partial charge in [0.25, 0.3) is 5.91 Å². The van der Waals surface area contributed by atoms with Crippen LogP contribution >= 0.6 is 0 Å². The quantitative estimate of drug-likeness (QED) is 0.597. The minimum atomic E-state index is -0.291. The number of rotatable bonds is 7. The smallest absolute Gasteiger partial charge is 0.272 e. The number of para-hydroxylation sites is 1. The molecule has 0 radical (unpaired) electrons. The van der Waals surface area contributed by atoms with Gasteiger partial charge in [0, 0.05) is 30.9 Å². The van der Waals surface area contributed by atoms with Crippen LogP contribution in [0.2, 0.25) is 0 Å². The molecule has 22 heavy (non-hydrogen) atoms. The number of H-pyrrole nitrogens is 1. The molecule has 2 amide bonds. The van der Waals surface area contributed by atoms with E-state index >= 15 is 0 Å². The Kier molecular flexibility index (Phi) is 5.48. The molecule has 0 spiro atoms. The van der Waals surface area contributed by atoms with E-state index in [1.807, 2.05) is 31.2 Å². The van der Waals surface area contributed by atoms with Crippen LogP contribution in [0.4, 0.5) is 0 Å². The maximum atomic E-state index is 12.1. The van der Waals surface area contributed by atoms with Gasteiger partial charge in [-0.15, -0.1) is 0 Å². The summed E-state index contributed by atoms with van der Waals surface area (Å²) in [6.45, 7) is 2.71. The Hall–Kier alpha value is -2.41. The molecule has 118 valence electrons. The Morgan fingerprint density at radius 1 is 1.27 bits per heavy atom. The Balaban J connectivity index is 1.77. The first kappa shape index (κ1) is 16.0. The number of hydrogen-bond acceptors (Lipinski definition) is 4. The van der Waals surface area contributed by atoms with E-state index in [-0.39, 0.29) is 30.8 Å². The van der Waals surface area contributed by atoms with Gasteiger partial charge in [-0.3, -0.25) is 14.7 Å². The second-order valence-corrected chi connectivity index (χ2v) is 5.24. The molecule has 1 heterocycles. The summed E-state index contributed by atoms with van der Waals surface area (Å²) < 4.78 is 0. The van der Waals surface area contributed by atoms with Gasteiger partial charge in [0.05, 0.1) is 5.52 Å². The molecule has 5 N–H and O–H groups in total. The first-order chi connectivity index (χ1) is 10.6. The van der Waals surface area contributed by atoms with Crippen molar-refractivity contribution >= 4 is 22.7 Å². The molecule has 0 aliphatic rings. The van der Waals surface area contributed by atoms with Crippen molar-refractivity contribution in [1.29, 1.82) is 0 Å². The van der Waals surface area contributed by atoms with Crippen molar-refractivity contribution in [2.75, 3.05) is 13.1 Å². The molecule has 7 nitrogen and oxygen atoms in total. The molecule has 0 saturated heterocycles. The lowest BCUT2D eigenvalue weighted by molar-refractivity contribution is -0.120. The monoisotopic (exact) mass is 303 g/mol. The van der Waals surface area contributed by atoms with Crippen LogP contribution in [0.25, 0.3) is 10.9 Å². The Bertz CT molecular complexity index is 650. The molecule has 2 aromatic rings. The Labute approximate surface area is 128 Å². The number of aromatic nitrogens is 2. The van der Waals surface area contributed by atoms with Crippen molar-refractivity contribution in [3.63, 3.8) is 0 Å². The molecule has 1 unspecified atom stereocenters. The zero-order valence-corrected chi connectivity index (χ0v) is 12.6. The fraction of sp³-hybridized carbons (Fsp3) is 0.400. The molecule has 0 fully saturated rings. The number of fused-ring (bicyclic) bond motifs is 1. The van der Waals surface area contributed by atoms with E-state index in [1.54, 1.807) is 0 Å². The summed E-state index contributed by atoms with van der Waals surface area (Å²) in [7, 11) is 0. The molecule has 0 bridgehead atoms. The van der Waals surface area contributed by atoms with E-state index in [2.05, 4.69) is 20.8 Å². The fourth-order valence-corrected chi connectivity index (χ4v) is 2.04. The highest BCUT2D eigenvalue weighted by atomic mass is 16.2. The highest BCUT2D eigenvalue weighted by molar-refractivity contribution is 6.04. The molecular weight excluding hydrogens is 282 g/mol. The van der Waals surface area contributed by atoms with Crippen molar-refractivity contribution in [2.24, 2.45) is 5.73 Å². The molecule has 7 heteroatoms. The topological polar surface area (TPSA) is 113 Å². The molecule has 1 aromatic carbocycles. The van der Waals surface area contributed by atoms with Gasteiger partial charge >= 0.3 is 0 Å². The molecule has 2 rings (SSSR count). The van der Waals surface area contributed by atoms with Crippen LogP contribution in [0.15, 0.2) is 24.3 Å². The minimum absolute atomic E-state index is 0.0629. The van der Waals surface area contributed by atoms with Gasteiger partial charge in [-0.1, -0.05) is 18.2 Å². The zero-order chi connectivity index (χ0) is 15.9. The van der Waals surface area contributed by atoms with E-state index in [0.717, 1.165) is 17.3 Å². The lowest BCUT2D eigenvalue weighted by Gasteiger charge is -2.07. The van der Waals surface area contributed by atoms with E-state index in [9.17, 15) is 9.59 Å². The first-order valence-corrected chi connectivity index (χ1v) is 7.31. The van der Waals surface area contributed by atoms with Crippen LogP contribution in [-0.4, -0.2) is 41.1 Å². The largest absolute Gasteiger partial charge is 0.356 e. The predicted molar refractivity (Wildman–Crippen MR) is 84.3 cm³/mol. The summed E-state index contributed by atoms with van der Waals surface area (Å²) >= 11 is 0. The molecule has 0 aliphatic heterocycles. The third-order valence-electron chi connectivity index (χ3n) is 3.24. The number of carbonyl (C=O) groups is 2. The summed E-state index contributed by atoms with van der Waals surface area (Å²) in [6, 6.07) is 7.46. The van der Waals surface area contributed by atoms with Crippen molar-refractivity contribution < 1.29 is 9.59 Å². The third kappa shape index (κ3) is 4.29. The van der Waals surface area contributed by atoms with Crippen molar-refractivity contribution in [1.82, 2.24) is 20.8 Å². The normalized spacial score (nSPS) is 12.1. The van der Waals surface area contributed by atoms with Crippen LogP contribution in [0.3, 0.4) is 0 Å². The van der Waals surface area contributed by atoms with Crippen LogP contribution in [0.5, 0.6) is 0 Å². The predicted octanol–water partition coefficient (Wildman–Crippen LogP) is 0.536. The lowest BCUT2D eigenvalue weighted by Crippen LogP contribution is -2.33. The molecule has 0 aliphatic carbocycles. The Morgan fingerprint density at radius 3 is 2.82 bits per heavy atom. The summed E-state index contributed by atoms with van der Waals surface area (Å²) in [5, 5.41) is 13.0. The van der Waals surface area contributed by atoms with Crippen LogP contribution in [-0.2, 0) is 4.79 Å². The van der Waals surface area contributed by atoms with Crippen LogP contribution in [0.1, 0.15) is 30.3 Å². The first-order valence-electron chi connectivity index (χ1n) is 7.31. The SMILES string of the molecule is CC(N)CCNC(=O)CCNC(=O)c1n[nH]c2ccccc12. The van der Waals surface area contributed by atoms with Gasteiger partial charge in [0.2, 0.25) is 5.91 Å². The maximum absolute atomic E-state index is 12.1. The van der Waals surface area contributed by atoms with E-state index in [4.69, 9.17) is 5.73 Å². The van der Waals surface area contributed by atoms with Crippen LogP contribution < -0.4 is 16.4 Å². The van der Waals surface area contributed by atoms with Gasteiger partial charge in [0.15, 0.2) is 5.69 Å². The highest BCUT2D eigenvalue weighted by Crippen LogP contribution is 2.14. The van der Waals surface area contributed by atoms with Crippen molar-refractivity contribution in [3.8, 4) is 0 Å². The number of nitrogens with two attached hydrogens (primary N) is 1. The molecule has 0 saturated carbocycles. The molecule has 1 aromatic heterocycles. The number of hydrogen-bond donors (Lipinski definition) is 4. The number of benzene rings is 1. The minimum Gasteiger partial charge on any atom is -0.356 e. The Morgan fingerprint density at radius 2 is 2.05 bits per heavy atom. The average Bonchev–Trinajstić information content (AvgIpc) is 2.90. The number of carbonyl (C=O) groups excluding carboxylic acids is 2. The average molecular weight is 303 g/mol. The third-order valence-corrected chi connectivity index (χ3v) is 3.24. The number of nitrogens with one attached hydrogen (secondary N) is 3. The van der Waals surface area contributed by atoms with Crippen molar-refractivity contribution in [3.05, 3.63) is 30.0 Å². The van der Waals surface area contributed by atoms with E-state index < -0.39 is 0 Å². The summed E-state index contributed by atoms with van der Waals surface area (Å²) in [4.78, 5) is 23.6. The number of amides is 2. The van der Waals surface area contributed by atoms with Gasteiger partial charge in [0.1, 0.15) is 0 Å². The number of aromatic amines is 1. The van der Waals surface area contributed by atoms with Gasteiger partial charge < -0.3 is 16.4 Å². The van der Waals surface area contributed by atoms with Crippen molar-refractivity contribution in [2.45, 2.75) is 25.8 Å². The van der Waals surface area contributed by atoms with Gasteiger partial charge in [-0.25, -0.2) is 0 Å². The summed E-state index contributed by atoms with van der Waals surface area (Å²) in [5.41, 5.74) is 6.75.